The first kappa shape index (κ1) is 15.4. The third-order valence-electron chi connectivity index (χ3n) is 2.97. The molecule has 2 rings (SSSR count). The third-order valence-corrected chi connectivity index (χ3v) is 4.28. The number of benzene rings is 1. The van der Waals surface area contributed by atoms with Crippen LogP contribution in [0.5, 0.6) is 0 Å². The van der Waals surface area contributed by atoms with Crippen LogP contribution in [-0.4, -0.2) is 38.0 Å². The smallest absolute Gasteiger partial charge is 0.301 e. The van der Waals surface area contributed by atoms with Crippen LogP contribution in [0.1, 0.15) is 19.4 Å². The highest BCUT2D eigenvalue weighted by Crippen LogP contribution is 2.13. The second-order valence-electron chi connectivity index (χ2n) is 4.94. The van der Waals surface area contributed by atoms with Crippen molar-refractivity contribution in [1.29, 1.82) is 0 Å². The maximum Gasteiger partial charge on any atom is 0.301 e. The van der Waals surface area contributed by atoms with Gasteiger partial charge in [0.05, 0.1) is 18.8 Å². The van der Waals surface area contributed by atoms with Gasteiger partial charge in [-0.2, -0.15) is 12.7 Å². The van der Waals surface area contributed by atoms with Gasteiger partial charge in [0.1, 0.15) is 0 Å². The summed E-state index contributed by atoms with van der Waals surface area (Å²) >= 11 is 0. The number of ether oxygens (including phenoxy) is 1. The molecule has 0 aromatic heterocycles. The molecule has 0 aliphatic carbocycles. The van der Waals surface area contributed by atoms with Gasteiger partial charge in [-0.1, -0.05) is 35.2 Å². The van der Waals surface area contributed by atoms with E-state index in [4.69, 9.17) is 9.57 Å². The Morgan fingerprint density at radius 2 is 1.85 bits per heavy atom. The van der Waals surface area contributed by atoms with Gasteiger partial charge in [-0.05, 0) is 19.4 Å². The Morgan fingerprint density at radius 3 is 2.45 bits per heavy atom. The zero-order valence-electron chi connectivity index (χ0n) is 11.7. The van der Waals surface area contributed by atoms with E-state index in [0.29, 0.717) is 13.1 Å². The summed E-state index contributed by atoms with van der Waals surface area (Å²) in [4.78, 5) is 7.25. The predicted octanol–water partition coefficient (Wildman–Crippen LogP) is 1.06. The molecule has 2 atom stereocenters. The topological polar surface area (TPSA) is 67.9 Å². The molecule has 0 radical (unpaired) electrons. The first-order chi connectivity index (χ1) is 9.47. The molecule has 0 amide bonds. The maximum atomic E-state index is 12.1. The molecule has 1 saturated heterocycles. The molecule has 7 heteroatoms. The lowest BCUT2D eigenvalue weighted by Gasteiger charge is -2.34. The van der Waals surface area contributed by atoms with Crippen LogP contribution in [0, 0.1) is 0 Å². The molecule has 2 unspecified atom stereocenters. The molecule has 6 nitrogen and oxygen atoms in total. The highest BCUT2D eigenvalue weighted by molar-refractivity contribution is 7.87. The second-order valence-corrected chi connectivity index (χ2v) is 6.57. The Balaban J connectivity index is 1.87. The van der Waals surface area contributed by atoms with Crippen molar-refractivity contribution in [2.45, 2.75) is 32.7 Å². The van der Waals surface area contributed by atoms with Crippen LogP contribution < -0.4 is 4.89 Å². The zero-order chi connectivity index (χ0) is 14.6. The Morgan fingerprint density at radius 1 is 1.25 bits per heavy atom. The molecule has 1 aliphatic heterocycles. The summed E-state index contributed by atoms with van der Waals surface area (Å²) in [6.45, 7) is 4.55. The van der Waals surface area contributed by atoms with Crippen LogP contribution in [0.4, 0.5) is 0 Å². The van der Waals surface area contributed by atoms with Crippen molar-refractivity contribution < 1.29 is 18.0 Å². The summed E-state index contributed by atoms with van der Waals surface area (Å²) in [5.41, 5.74) is 0.902. The summed E-state index contributed by atoms with van der Waals surface area (Å²) in [5.74, 6) is 0. The summed E-state index contributed by atoms with van der Waals surface area (Å²) in [6, 6.07) is 9.38. The van der Waals surface area contributed by atoms with Crippen LogP contribution in [-0.2, 0) is 26.4 Å². The van der Waals surface area contributed by atoms with Gasteiger partial charge in [0.2, 0.25) is 0 Å². The first-order valence-corrected chi connectivity index (χ1v) is 7.99. The fourth-order valence-corrected chi connectivity index (χ4v) is 3.27. The number of rotatable bonds is 5. The van der Waals surface area contributed by atoms with Crippen molar-refractivity contribution in [3.05, 3.63) is 35.9 Å². The van der Waals surface area contributed by atoms with Crippen molar-refractivity contribution in [2.75, 3.05) is 13.1 Å². The first-order valence-electron chi connectivity index (χ1n) is 6.55. The minimum absolute atomic E-state index is 0.121. The molecular formula is C13H20N2O4S. The van der Waals surface area contributed by atoms with Crippen molar-refractivity contribution in [2.24, 2.45) is 0 Å². The molecule has 1 aliphatic rings. The largest absolute Gasteiger partial charge is 0.373 e. The van der Waals surface area contributed by atoms with E-state index in [9.17, 15) is 8.42 Å². The monoisotopic (exact) mass is 300 g/mol. The molecule has 0 bridgehead atoms. The Bertz CT molecular complexity index is 510. The SMILES string of the molecule is CC1CN(S(=O)(=O)NOCc2ccccc2)CC(C)O1. The Hall–Kier alpha value is -0.990. The van der Waals surface area contributed by atoms with E-state index in [1.807, 2.05) is 44.2 Å². The third kappa shape index (κ3) is 4.26. The minimum Gasteiger partial charge on any atom is -0.373 e. The number of morpholine rings is 1. The summed E-state index contributed by atoms with van der Waals surface area (Å²) < 4.78 is 31.1. The van der Waals surface area contributed by atoms with Crippen LogP contribution >= 0.6 is 0 Å². The number of nitrogens with zero attached hydrogens (tertiary/aromatic N) is 1. The van der Waals surface area contributed by atoms with Crippen LogP contribution in [0.2, 0.25) is 0 Å². The fourth-order valence-electron chi connectivity index (χ4n) is 2.14. The molecule has 0 saturated carbocycles. The van der Waals surface area contributed by atoms with Gasteiger partial charge in [0.25, 0.3) is 0 Å². The standard InChI is InChI=1S/C13H20N2O4S/c1-11-8-15(9-12(2)19-11)20(16,17)14-18-10-13-6-4-3-5-7-13/h3-7,11-12,14H,8-10H2,1-2H3. The van der Waals surface area contributed by atoms with Crippen molar-refractivity contribution >= 4 is 10.2 Å². The number of hydrogen-bond acceptors (Lipinski definition) is 4. The molecule has 1 aromatic rings. The molecule has 1 fully saturated rings. The van der Waals surface area contributed by atoms with Crippen molar-refractivity contribution in [1.82, 2.24) is 9.19 Å². The normalized spacial score (nSPS) is 24.7. The lowest BCUT2D eigenvalue weighted by atomic mass is 10.2. The van der Waals surface area contributed by atoms with Gasteiger partial charge in [0.15, 0.2) is 0 Å². The van der Waals surface area contributed by atoms with Gasteiger partial charge in [-0.15, -0.1) is 0 Å². The molecule has 20 heavy (non-hydrogen) atoms. The highest BCUT2D eigenvalue weighted by atomic mass is 32.2. The van der Waals surface area contributed by atoms with E-state index in [2.05, 4.69) is 4.89 Å². The van der Waals surface area contributed by atoms with E-state index in [1.165, 1.54) is 4.31 Å². The predicted molar refractivity (Wildman–Crippen MR) is 74.9 cm³/mol. The minimum atomic E-state index is -3.64. The van der Waals surface area contributed by atoms with E-state index >= 15 is 0 Å². The van der Waals surface area contributed by atoms with Gasteiger partial charge in [-0.3, -0.25) is 4.84 Å². The van der Waals surface area contributed by atoms with Crippen LogP contribution in [0.25, 0.3) is 0 Å². The molecule has 1 heterocycles. The summed E-state index contributed by atoms with van der Waals surface area (Å²) in [6.07, 6.45) is -0.242. The summed E-state index contributed by atoms with van der Waals surface area (Å²) in [5, 5.41) is 0. The van der Waals surface area contributed by atoms with E-state index < -0.39 is 10.2 Å². The molecule has 112 valence electrons. The lowest BCUT2D eigenvalue weighted by Crippen LogP contribution is -2.51. The van der Waals surface area contributed by atoms with Crippen molar-refractivity contribution in [3.8, 4) is 0 Å². The lowest BCUT2D eigenvalue weighted by molar-refractivity contribution is -0.0465. The molecular weight excluding hydrogens is 280 g/mol. The van der Waals surface area contributed by atoms with Gasteiger partial charge in [-0.25, -0.2) is 0 Å². The zero-order valence-corrected chi connectivity index (χ0v) is 12.5. The van der Waals surface area contributed by atoms with E-state index in [0.717, 1.165) is 5.56 Å². The second kappa shape index (κ2) is 6.64. The quantitative estimate of drug-likeness (QED) is 0.826. The van der Waals surface area contributed by atoms with Gasteiger partial charge < -0.3 is 4.74 Å². The molecule has 1 aromatic carbocycles. The van der Waals surface area contributed by atoms with Crippen LogP contribution in [0.15, 0.2) is 30.3 Å². The Labute approximate surface area is 119 Å². The maximum absolute atomic E-state index is 12.1. The highest BCUT2D eigenvalue weighted by Gasteiger charge is 2.31. The van der Waals surface area contributed by atoms with Crippen LogP contribution in [0.3, 0.4) is 0 Å². The number of nitrogens with one attached hydrogen (secondary N) is 1. The number of hydrogen-bond donors (Lipinski definition) is 1. The Kier molecular flexibility index (Phi) is 5.11. The molecule has 1 N–H and O–H groups in total. The van der Waals surface area contributed by atoms with Crippen molar-refractivity contribution in [3.63, 3.8) is 0 Å². The van der Waals surface area contributed by atoms with E-state index in [-0.39, 0.29) is 18.8 Å². The average molecular weight is 300 g/mol. The van der Waals surface area contributed by atoms with E-state index in [1.54, 1.807) is 0 Å². The average Bonchev–Trinajstić information content (AvgIpc) is 2.38. The van der Waals surface area contributed by atoms with Gasteiger partial charge >= 0.3 is 10.2 Å². The summed E-state index contributed by atoms with van der Waals surface area (Å²) in [7, 11) is -3.64. The van der Waals surface area contributed by atoms with Gasteiger partial charge in [0, 0.05) is 13.1 Å². The fraction of sp³-hybridized carbons (Fsp3) is 0.538. The molecule has 0 spiro atoms.